The third kappa shape index (κ3) is 3.13. The van der Waals surface area contributed by atoms with Gasteiger partial charge in [0.2, 0.25) is 5.43 Å². The summed E-state index contributed by atoms with van der Waals surface area (Å²) in [5.74, 6) is -0.234. The van der Waals surface area contributed by atoms with Gasteiger partial charge in [-0.15, -0.1) is 24.8 Å². The van der Waals surface area contributed by atoms with Gasteiger partial charge in [-0.2, -0.15) is 0 Å². The largest absolute Gasteiger partial charge is 0.456 e. The number of nitrogen functional groups attached to an aromatic ring is 2. The first-order valence-corrected chi connectivity index (χ1v) is 6.17. The summed E-state index contributed by atoms with van der Waals surface area (Å²) in [5.41, 5.74) is 12.4. The molecule has 120 valence electrons. The molecule has 3 rings (SSSR count). The lowest BCUT2D eigenvalue weighted by Gasteiger charge is -2.05. The zero-order valence-corrected chi connectivity index (χ0v) is 13.4. The molecule has 0 bridgehead atoms. The molecule has 0 unspecified atom stereocenters. The lowest BCUT2D eigenvalue weighted by atomic mass is 10.1. The van der Waals surface area contributed by atoms with E-state index in [0.717, 1.165) is 0 Å². The summed E-state index contributed by atoms with van der Waals surface area (Å²) < 4.78 is 5.67. The Kier molecular flexibility index (Phi) is 5.37. The summed E-state index contributed by atoms with van der Waals surface area (Å²) >= 11 is 0. The van der Waals surface area contributed by atoms with Crippen molar-refractivity contribution < 1.29 is 4.42 Å². The lowest BCUT2D eigenvalue weighted by molar-refractivity contribution is 0.660. The van der Waals surface area contributed by atoms with E-state index < -0.39 is 0 Å². The highest BCUT2D eigenvalue weighted by atomic mass is 35.5. The van der Waals surface area contributed by atoms with Crippen molar-refractivity contribution in [1.29, 1.82) is 10.8 Å². The summed E-state index contributed by atoms with van der Waals surface area (Å²) in [6, 6.07) is 9.55. The quantitative estimate of drug-likeness (QED) is 0.320. The van der Waals surface area contributed by atoms with Crippen LogP contribution in [0.3, 0.4) is 0 Å². The highest BCUT2D eigenvalue weighted by Gasteiger charge is 2.10. The normalized spacial score (nSPS) is 9.91. The maximum Gasteiger partial charge on any atom is 0.200 e. The standard InChI is InChI=1S/C15H12N4O2.2ClH/c16-14(17)7-1-3-11-9(5-7)13(20)10-6-8(15(18)19)2-4-12(10)21-11;;/h1-6H,(H3,16,17)(H3,18,19);2*1H. The molecule has 0 spiro atoms. The Balaban J connectivity index is 0.00000132. The minimum Gasteiger partial charge on any atom is -0.456 e. The van der Waals surface area contributed by atoms with E-state index in [1.165, 1.54) is 12.1 Å². The van der Waals surface area contributed by atoms with Crippen LogP contribution in [0.25, 0.3) is 21.9 Å². The first-order valence-electron chi connectivity index (χ1n) is 6.17. The van der Waals surface area contributed by atoms with Crippen molar-refractivity contribution in [3.8, 4) is 0 Å². The van der Waals surface area contributed by atoms with Crippen molar-refractivity contribution in [2.24, 2.45) is 11.5 Å². The number of amidine groups is 2. The second-order valence-electron chi connectivity index (χ2n) is 4.68. The van der Waals surface area contributed by atoms with Crippen molar-refractivity contribution in [2.75, 3.05) is 0 Å². The zero-order valence-electron chi connectivity index (χ0n) is 11.8. The smallest absolute Gasteiger partial charge is 0.200 e. The van der Waals surface area contributed by atoms with Gasteiger partial charge < -0.3 is 15.9 Å². The van der Waals surface area contributed by atoms with E-state index in [2.05, 4.69) is 0 Å². The Hall–Kier alpha value is -2.57. The van der Waals surface area contributed by atoms with Crippen LogP contribution in [0.15, 0.2) is 45.6 Å². The highest BCUT2D eigenvalue weighted by molar-refractivity contribution is 6.02. The van der Waals surface area contributed by atoms with Gasteiger partial charge in [-0.1, -0.05) is 0 Å². The minimum absolute atomic E-state index is 0. The minimum atomic E-state index is -0.238. The Morgan fingerprint density at radius 1 is 0.826 bits per heavy atom. The van der Waals surface area contributed by atoms with Crippen LogP contribution >= 0.6 is 24.8 Å². The number of fused-ring (bicyclic) bond motifs is 2. The predicted octanol–water partition coefficient (Wildman–Crippen LogP) is 2.36. The molecule has 0 atom stereocenters. The molecule has 0 fully saturated rings. The predicted molar refractivity (Wildman–Crippen MR) is 96.5 cm³/mol. The first-order chi connectivity index (χ1) is 9.97. The molecule has 1 aromatic heterocycles. The molecule has 0 aliphatic rings. The summed E-state index contributed by atoms with van der Waals surface area (Å²) in [6.07, 6.45) is 0. The third-order valence-corrected chi connectivity index (χ3v) is 3.29. The molecule has 3 aromatic rings. The van der Waals surface area contributed by atoms with Gasteiger partial charge in [-0.3, -0.25) is 15.6 Å². The second-order valence-corrected chi connectivity index (χ2v) is 4.68. The molecule has 0 saturated carbocycles. The lowest BCUT2D eigenvalue weighted by Crippen LogP contribution is -2.13. The number of nitrogens with one attached hydrogen (secondary N) is 2. The van der Waals surface area contributed by atoms with E-state index in [9.17, 15) is 4.79 Å². The molecule has 0 radical (unpaired) electrons. The summed E-state index contributed by atoms with van der Waals surface area (Å²) in [5, 5.41) is 15.6. The van der Waals surface area contributed by atoms with Gasteiger partial charge in [0.1, 0.15) is 22.8 Å². The van der Waals surface area contributed by atoms with E-state index >= 15 is 0 Å². The molecule has 0 saturated heterocycles. The number of benzene rings is 2. The maximum atomic E-state index is 12.6. The second kappa shape index (κ2) is 6.68. The van der Waals surface area contributed by atoms with Crippen LogP contribution in [-0.2, 0) is 0 Å². The van der Waals surface area contributed by atoms with E-state index in [-0.39, 0.29) is 41.9 Å². The topological polar surface area (TPSA) is 130 Å². The van der Waals surface area contributed by atoms with Crippen LogP contribution in [0.5, 0.6) is 0 Å². The molecule has 6 nitrogen and oxygen atoms in total. The Morgan fingerprint density at radius 3 is 1.57 bits per heavy atom. The van der Waals surface area contributed by atoms with Crippen LogP contribution in [0.2, 0.25) is 0 Å². The molecule has 2 aromatic carbocycles. The van der Waals surface area contributed by atoms with E-state index in [0.29, 0.717) is 33.1 Å². The maximum absolute atomic E-state index is 12.6. The van der Waals surface area contributed by atoms with Crippen LogP contribution in [0, 0.1) is 10.8 Å². The van der Waals surface area contributed by atoms with E-state index in [4.69, 9.17) is 26.7 Å². The van der Waals surface area contributed by atoms with Gasteiger partial charge in [0.05, 0.1) is 10.8 Å². The summed E-state index contributed by atoms with van der Waals surface area (Å²) in [7, 11) is 0. The Bertz CT molecular complexity index is 907. The molecular formula is C15H14Cl2N4O2. The van der Waals surface area contributed by atoms with Crippen LogP contribution in [-0.4, -0.2) is 11.7 Å². The molecule has 1 heterocycles. The SMILES string of the molecule is Cl.Cl.N=C(N)c1ccc2oc3ccc(C(=N)N)cc3c(=O)c2c1. The first kappa shape index (κ1) is 18.5. The van der Waals surface area contributed by atoms with Crippen molar-refractivity contribution >= 4 is 58.4 Å². The number of hydrogen-bond acceptors (Lipinski definition) is 4. The molecule has 0 aliphatic heterocycles. The number of nitrogens with two attached hydrogens (primary N) is 2. The van der Waals surface area contributed by atoms with Crippen molar-refractivity contribution in [1.82, 2.24) is 0 Å². The van der Waals surface area contributed by atoms with Gasteiger partial charge in [-0.05, 0) is 36.4 Å². The molecule has 8 heteroatoms. The van der Waals surface area contributed by atoms with Gasteiger partial charge in [0.25, 0.3) is 0 Å². The average Bonchev–Trinajstić information content (AvgIpc) is 2.46. The van der Waals surface area contributed by atoms with E-state index in [1.54, 1.807) is 24.3 Å². The average molecular weight is 353 g/mol. The van der Waals surface area contributed by atoms with Gasteiger partial charge in [-0.25, -0.2) is 0 Å². The monoisotopic (exact) mass is 352 g/mol. The summed E-state index contributed by atoms with van der Waals surface area (Å²) in [6.45, 7) is 0. The molecule has 6 N–H and O–H groups in total. The molecule has 0 amide bonds. The fourth-order valence-corrected chi connectivity index (χ4v) is 2.19. The number of halogens is 2. The van der Waals surface area contributed by atoms with E-state index in [1.807, 2.05) is 0 Å². The zero-order chi connectivity index (χ0) is 15.1. The fraction of sp³-hybridized carbons (Fsp3) is 0. The molecular weight excluding hydrogens is 339 g/mol. The fourth-order valence-electron chi connectivity index (χ4n) is 2.19. The summed E-state index contributed by atoms with van der Waals surface area (Å²) in [4.78, 5) is 12.6. The molecule has 23 heavy (non-hydrogen) atoms. The van der Waals surface area contributed by atoms with Gasteiger partial charge in [0, 0.05) is 11.1 Å². The van der Waals surface area contributed by atoms with Crippen molar-refractivity contribution in [3.05, 3.63) is 57.7 Å². The van der Waals surface area contributed by atoms with Gasteiger partial charge in [0.15, 0.2) is 0 Å². The molecule has 0 aliphatic carbocycles. The third-order valence-electron chi connectivity index (χ3n) is 3.29. The number of hydrogen-bond donors (Lipinski definition) is 4. The van der Waals surface area contributed by atoms with Crippen molar-refractivity contribution in [2.45, 2.75) is 0 Å². The van der Waals surface area contributed by atoms with Crippen molar-refractivity contribution in [3.63, 3.8) is 0 Å². The van der Waals surface area contributed by atoms with Crippen LogP contribution < -0.4 is 16.9 Å². The Morgan fingerprint density at radius 2 is 1.22 bits per heavy atom. The highest BCUT2D eigenvalue weighted by Crippen LogP contribution is 2.20. The van der Waals surface area contributed by atoms with Gasteiger partial charge >= 0.3 is 0 Å². The van der Waals surface area contributed by atoms with Crippen LogP contribution in [0.1, 0.15) is 11.1 Å². The number of rotatable bonds is 2. The Labute approximate surface area is 143 Å². The van der Waals surface area contributed by atoms with Crippen LogP contribution in [0.4, 0.5) is 0 Å².